The summed E-state index contributed by atoms with van der Waals surface area (Å²) >= 11 is 0. The molecule has 0 radical (unpaired) electrons. The summed E-state index contributed by atoms with van der Waals surface area (Å²) in [5.41, 5.74) is 0.683. The molecule has 0 amide bonds. The minimum Gasteiger partial charge on any atom is -0.198 e. The third-order valence-corrected chi connectivity index (χ3v) is 7.43. The van der Waals surface area contributed by atoms with Crippen molar-refractivity contribution in [3.05, 3.63) is 0 Å². The molecule has 0 aromatic rings. The first-order valence-corrected chi connectivity index (χ1v) is 11.1. The number of nitrogens with zero attached hydrogens (tertiary/aromatic N) is 1. The highest BCUT2D eigenvalue weighted by molar-refractivity contribution is 5.04. The number of nitriles is 1. The highest BCUT2D eigenvalue weighted by atomic mass is 14.5. The van der Waals surface area contributed by atoms with Crippen LogP contribution in [0.2, 0.25) is 0 Å². The molecular weight excluding hydrogens is 290 g/mol. The molecule has 0 aromatic heterocycles. The zero-order chi connectivity index (χ0) is 17.3. The van der Waals surface area contributed by atoms with E-state index in [9.17, 15) is 5.26 Å². The molecule has 2 rings (SSSR count). The van der Waals surface area contributed by atoms with Gasteiger partial charge in [0.1, 0.15) is 0 Å². The van der Waals surface area contributed by atoms with Crippen molar-refractivity contribution >= 4 is 0 Å². The van der Waals surface area contributed by atoms with Crippen molar-refractivity contribution in [2.24, 2.45) is 16.7 Å². The van der Waals surface area contributed by atoms with Crippen molar-refractivity contribution in [2.75, 3.05) is 0 Å². The van der Waals surface area contributed by atoms with E-state index in [0.29, 0.717) is 5.41 Å². The molecule has 0 unspecified atom stereocenters. The first-order chi connectivity index (χ1) is 11.7. The van der Waals surface area contributed by atoms with Gasteiger partial charge in [-0.05, 0) is 62.7 Å². The molecule has 24 heavy (non-hydrogen) atoms. The van der Waals surface area contributed by atoms with E-state index < -0.39 is 0 Å². The average molecular weight is 332 g/mol. The van der Waals surface area contributed by atoms with Crippen molar-refractivity contribution in [1.29, 1.82) is 5.26 Å². The van der Waals surface area contributed by atoms with Crippen molar-refractivity contribution < 1.29 is 0 Å². The second-order valence-corrected chi connectivity index (χ2v) is 9.00. The van der Waals surface area contributed by atoms with E-state index in [1.165, 1.54) is 103 Å². The minimum atomic E-state index is 0.0326. The van der Waals surface area contributed by atoms with Gasteiger partial charge in [0, 0.05) is 0 Å². The van der Waals surface area contributed by atoms with Crippen LogP contribution in [-0.2, 0) is 0 Å². The Bertz CT molecular complexity index is 377. The zero-order valence-corrected chi connectivity index (χ0v) is 16.5. The molecule has 138 valence electrons. The molecule has 0 bridgehead atoms. The fourth-order valence-corrected chi connectivity index (χ4v) is 5.74. The lowest BCUT2D eigenvalue weighted by molar-refractivity contribution is 0.0304. The molecule has 2 aliphatic carbocycles. The fourth-order valence-electron chi connectivity index (χ4n) is 5.74. The Morgan fingerprint density at radius 1 is 0.792 bits per heavy atom. The van der Waals surface area contributed by atoms with Gasteiger partial charge < -0.3 is 0 Å². The maximum Gasteiger partial charge on any atom is 0.0689 e. The number of rotatable bonds is 9. The van der Waals surface area contributed by atoms with Crippen molar-refractivity contribution in [3.63, 3.8) is 0 Å². The summed E-state index contributed by atoms with van der Waals surface area (Å²) in [6, 6.07) is 2.77. The lowest BCUT2D eigenvalue weighted by Crippen LogP contribution is -2.38. The summed E-state index contributed by atoms with van der Waals surface area (Å²) in [4.78, 5) is 0. The lowest BCUT2D eigenvalue weighted by Gasteiger charge is -2.48. The maximum absolute atomic E-state index is 9.85. The van der Waals surface area contributed by atoms with Gasteiger partial charge >= 0.3 is 0 Å². The normalized spacial score (nSPS) is 30.0. The number of hydrogen-bond acceptors (Lipinski definition) is 1. The Hall–Kier alpha value is -0.510. The average Bonchev–Trinajstić information content (AvgIpc) is 2.65. The molecule has 2 saturated carbocycles. The van der Waals surface area contributed by atoms with Gasteiger partial charge in [0.25, 0.3) is 0 Å². The van der Waals surface area contributed by atoms with Crippen LogP contribution in [0.1, 0.15) is 123 Å². The smallest absolute Gasteiger partial charge is 0.0689 e. The predicted octanol–water partition coefficient (Wildman–Crippen LogP) is 7.80. The van der Waals surface area contributed by atoms with Crippen LogP contribution < -0.4 is 0 Å². The molecule has 1 heteroatoms. The highest BCUT2D eigenvalue weighted by Crippen LogP contribution is 2.54. The van der Waals surface area contributed by atoms with Crippen LogP contribution in [0.4, 0.5) is 0 Å². The van der Waals surface area contributed by atoms with Gasteiger partial charge in [-0.1, -0.05) is 71.6 Å². The standard InChI is InChI=1S/C23H41N/c1-3-5-7-9-14-22(20-24)18-12-21(13-19-22)23(15-6-4-2)16-10-8-11-17-23/h21H,3-19H2,1-2H3. The molecule has 0 aromatic carbocycles. The zero-order valence-electron chi connectivity index (χ0n) is 16.5. The van der Waals surface area contributed by atoms with E-state index in [2.05, 4.69) is 19.9 Å². The molecule has 0 aliphatic heterocycles. The molecule has 0 atom stereocenters. The quantitative estimate of drug-likeness (QED) is 0.395. The Labute approximate surface area is 151 Å². The summed E-state index contributed by atoms with van der Waals surface area (Å²) in [5, 5.41) is 9.85. The van der Waals surface area contributed by atoms with Gasteiger partial charge in [0.2, 0.25) is 0 Å². The topological polar surface area (TPSA) is 23.8 Å². The monoisotopic (exact) mass is 331 g/mol. The third-order valence-electron chi connectivity index (χ3n) is 7.43. The first kappa shape index (κ1) is 19.8. The van der Waals surface area contributed by atoms with E-state index in [0.717, 1.165) is 12.3 Å². The predicted molar refractivity (Wildman–Crippen MR) is 104 cm³/mol. The molecule has 0 N–H and O–H groups in total. The largest absolute Gasteiger partial charge is 0.198 e. The van der Waals surface area contributed by atoms with Crippen LogP contribution in [0.5, 0.6) is 0 Å². The van der Waals surface area contributed by atoms with Crippen LogP contribution in [0, 0.1) is 28.1 Å². The number of hydrogen-bond donors (Lipinski definition) is 0. The highest BCUT2D eigenvalue weighted by Gasteiger charge is 2.44. The van der Waals surface area contributed by atoms with Crippen LogP contribution >= 0.6 is 0 Å². The lowest BCUT2D eigenvalue weighted by atomic mass is 9.56. The molecular formula is C23H41N. The van der Waals surface area contributed by atoms with E-state index in [4.69, 9.17) is 0 Å². The van der Waals surface area contributed by atoms with Crippen LogP contribution in [0.25, 0.3) is 0 Å². The summed E-state index contributed by atoms with van der Waals surface area (Å²) < 4.78 is 0. The van der Waals surface area contributed by atoms with Crippen molar-refractivity contribution in [3.8, 4) is 6.07 Å². The SMILES string of the molecule is CCCCCCC1(C#N)CCC(C2(CCCC)CCCCC2)CC1. The van der Waals surface area contributed by atoms with Crippen LogP contribution in [-0.4, -0.2) is 0 Å². The first-order valence-electron chi connectivity index (χ1n) is 11.1. The van der Waals surface area contributed by atoms with E-state index in [-0.39, 0.29) is 5.41 Å². The third kappa shape index (κ3) is 5.00. The molecule has 2 fully saturated rings. The number of unbranched alkanes of at least 4 members (excludes halogenated alkanes) is 4. The van der Waals surface area contributed by atoms with Gasteiger partial charge in [0.15, 0.2) is 0 Å². The summed E-state index contributed by atoms with van der Waals surface area (Å²) in [5.74, 6) is 0.918. The Kier molecular flexibility index (Phi) is 8.12. The Morgan fingerprint density at radius 2 is 1.46 bits per heavy atom. The second-order valence-electron chi connectivity index (χ2n) is 9.00. The molecule has 2 aliphatic rings. The molecule has 0 saturated heterocycles. The van der Waals surface area contributed by atoms with E-state index >= 15 is 0 Å². The van der Waals surface area contributed by atoms with Gasteiger partial charge in [-0.25, -0.2) is 0 Å². The second kappa shape index (κ2) is 9.84. The van der Waals surface area contributed by atoms with Gasteiger partial charge in [-0.15, -0.1) is 0 Å². The maximum atomic E-state index is 9.85. The summed E-state index contributed by atoms with van der Waals surface area (Å²) in [6.45, 7) is 4.61. The van der Waals surface area contributed by atoms with E-state index in [1.54, 1.807) is 0 Å². The Balaban J connectivity index is 1.92. The Morgan fingerprint density at radius 3 is 2.04 bits per heavy atom. The fraction of sp³-hybridized carbons (Fsp3) is 0.957. The van der Waals surface area contributed by atoms with Crippen LogP contribution in [0.3, 0.4) is 0 Å². The van der Waals surface area contributed by atoms with E-state index in [1.807, 2.05) is 0 Å². The van der Waals surface area contributed by atoms with Crippen LogP contribution in [0.15, 0.2) is 0 Å². The summed E-state index contributed by atoms with van der Waals surface area (Å²) in [6.07, 6.45) is 23.0. The van der Waals surface area contributed by atoms with Crippen molar-refractivity contribution in [1.82, 2.24) is 0 Å². The van der Waals surface area contributed by atoms with Gasteiger partial charge in [0.05, 0.1) is 11.5 Å². The minimum absolute atomic E-state index is 0.0326. The molecule has 0 spiro atoms. The van der Waals surface area contributed by atoms with Crippen molar-refractivity contribution in [2.45, 2.75) is 123 Å². The summed E-state index contributed by atoms with van der Waals surface area (Å²) in [7, 11) is 0. The molecule has 0 heterocycles. The van der Waals surface area contributed by atoms with Gasteiger partial charge in [-0.2, -0.15) is 5.26 Å². The molecule has 1 nitrogen and oxygen atoms in total. The van der Waals surface area contributed by atoms with Gasteiger partial charge in [-0.3, -0.25) is 0 Å².